The molecule has 1 aromatic heterocycles. The van der Waals surface area contributed by atoms with Crippen LogP contribution in [0.3, 0.4) is 0 Å². The van der Waals surface area contributed by atoms with Crippen molar-refractivity contribution in [3.05, 3.63) is 47.8 Å². The van der Waals surface area contributed by atoms with Crippen LogP contribution in [-0.4, -0.2) is 11.1 Å². The van der Waals surface area contributed by atoms with Crippen LogP contribution < -0.4 is 0 Å². The summed E-state index contributed by atoms with van der Waals surface area (Å²) >= 11 is 0. The van der Waals surface area contributed by atoms with Gasteiger partial charge in [0.2, 0.25) is 0 Å². The maximum absolute atomic E-state index is 13.1. The molecule has 4 heteroatoms. The molecule has 3 aromatic rings. The van der Waals surface area contributed by atoms with Gasteiger partial charge in [-0.05, 0) is 36.4 Å². The molecule has 0 unspecified atom stereocenters. The van der Waals surface area contributed by atoms with Gasteiger partial charge in [-0.1, -0.05) is 0 Å². The number of hydrogen-bond donors (Lipinski definition) is 1. The van der Waals surface area contributed by atoms with E-state index in [1.807, 2.05) is 0 Å². The van der Waals surface area contributed by atoms with Gasteiger partial charge < -0.3 is 9.52 Å². The third kappa shape index (κ3) is 1.45. The maximum Gasteiger partial charge on any atom is 0.335 e. The number of benzene rings is 2. The molecule has 0 radical (unpaired) electrons. The lowest BCUT2D eigenvalue weighted by atomic mass is 10.1. The lowest BCUT2D eigenvalue weighted by Crippen LogP contribution is -1.94. The van der Waals surface area contributed by atoms with Crippen LogP contribution in [0, 0.1) is 5.82 Å². The van der Waals surface area contributed by atoms with E-state index in [1.54, 1.807) is 6.07 Å². The molecule has 1 heterocycles. The fourth-order valence-electron chi connectivity index (χ4n) is 1.88. The van der Waals surface area contributed by atoms with Gasteiger partial charge in [0, 0.05) is 10.8 Å². The molecule has 0 aliphatic rings. The molecule has 84 valence electrons. The molecule has 0 spiro atoms. The van der Waals surface area contributed by atoms with Gasteiger partial charge in [-0.25, -0.2) is 9.18 Å². The smallest absolute Gasteiger partial charge is 0.335 e. The highest BCUT2D eigenvalue weighted by atomic mass is 19.1. The summed E-state index contributed by atoms with van der Waals surface area (Å²) in [6.07, 6.45) is 0. The topological polar surface area (TPSA) is 50.4 Å². The molecule has 0 saturated heterocycles. The third-order valence-electron chi connectivity index (χ3n) is 2.68. The predicted octanol–water partition coefficient (Wildman–Crippen LogP) is 3.42. The van der Waals surface area contributed by atoms with Crippen LogP contribution in [-0.2, 0) is 0 Å². The van der Waals surface area contributed by atoms with E-state index in [9.17, 15) is 9.18 Å². The molecule has 0 amide bonds. The summed E-state index contributed by atoms with van der Waals surface area (Å²) in [5, 5.41) is 10.1. The quantitative estimate of drug-likeness (QED) is 0.696. The van der Waals surface area contributed by atoms with Gasteiger partial charge in [0.15, 0.2) is 0 Å². The molecule has 0 saturated carbocycles. The highest BCUT2D eigenvalue weighted by molar-refractivity contribution is 6.07. The molecule has 0 fully saturated rings. The average Bonchev–Trinajstić information content (AvgIpc) is 2.66. The van der Waals surface area contributed by atoms with Crippen molar-refractivity contribution in [2.45, 2.75) is 0 Å². The molecule has 0 aliphatic carbocycles. The van der Waals surface area contributed by atoms with Gasteiger partial charge in [-0.2, -0.15) is 0 Å². The second kappa shape index (κ2) is 3.31. The second-order valence-corrected chi connectivity index (χ2v) is 3.76. The van der Waals surface area contributed by atoms with Crippen molar-refractivity contribution in [3.63, 3.8) is 0 Å². The highest BCUT2D eigenvalue weighted by Gasteiger charge is 2.10. The summed E-state index contributed by atoms with van der Waals surface area (Å²) in [6, 6.07) is 8.71. The van der Waals surface area contributed by atoms with Crippen LogP contribution >= 0.6 is 0 Å². The van der Waals surface area contributed by atoms with Crippen molar-refractivity contribution < 1.29 is 18.7 Å². The molecule has 0 bridgehead atoms. The molecule has 0 atom stereocenters. The van der Waals surface area contributed by atoms with E-state index in [-0.39, 0.29) is 11.4 Å². The van der Waals surface area contributed by atoms with E-state index in [0.29, 0.717) is 21.9 Å². The first-order valence-corrected chi connectivity index (χ1v) is 5.00. The minimum absolute atomic E-state index is 0.157. The number of furan rings is 1. The second-order valence-electron chi connectivity index (χ2n) is 3.76. The highest BCUT2D eigenvalue weighted by Crippen LogP contribution is 2.29. The average molecular weight is 230 g/mol. The summed E-state index contributed by atoms with van der Waals surface area (Å²) in [6.45, 7) is 0. The number of carbonyl (C=O) groups is 1. The van der Waals surface area contributed by atoms with E-state index < -0.39 is 5.97 Å². The molecule has 2 aromatic carbocycles. The number of aromatic carboxylic acids is 1. The minimum atomic E-state index is -1.02. The fraction of sp³-hybridized carbons (Fsp3) is 0. The van der Waals surface area contributed by atoms with Crippen molar-refractivity contribution in [2.24, 2.45) is 0 Å². The fourth-order valence-corrected chi connectivity index (χ4v) is 1.88. The van der Waals surface area contributed by atoms with Crippen LogP contribution in [0.15, 0.2) is 40.8 Å². The number of hydrogen-bond acceptors (Lipinski definition) is 2. The van der Waals surface area contributed by atoms with E-state index >= 15 is 0 Å². The van der Waals surface area contributed by atoms with Gasteiger partial charge in [-0.15, -0.1) is 0 Å². The summed E-state index contributed by atoms with van der Waals surface area (Å²) in [5.74, 6) is -1.39. The van der Waals surface area contributed by atoms with Crippen molar-refractivity contribution in [1.29, 1.82) is 0 Å². The first-order valence-electron chi connectivity index (χ1n) is 5.00. The van der Waals surface area contributed by atoms with Crippen LogP contribution in [0.25, 0.3) is 21.9 Å². The Morgan fingerprint density at radius 2 is 1.71 bits per heavy atom. The van der Waals surface area contributed by atoms with Crippen molar-refractivity contribution >= 4 is 27.9 Å². The molecular formula is C13H7FO3. The molecule has 17 heavy (non-hydrogen) atoms. The SMILES string of the molecule is O=C(O)c1ccc2oc3ccc(F)cc3c2c1. The normalized spacial score (nSPS) is 11.1. The predicted molar refractivity (Wildman–Crippen MR) is 60.6 cm³/mol. The third-order valence-corrected chi connectivity index (χ3v) is 2.68. The van der Waals surface area contributed by atoms with Gasteiger partial charge in [-0.3, -0.25) is 0 Å². The standard InChI is InChI=1S/C13H7FO3/c14-8-2-4-12-10(6-8)9-5-7(13(15)16)1-3-11(9)17-12/h1-6H,(H,15,16). The number of carboxylic acid groups (broad SMARTS) is 1. The number of carboxylic acids is 1. The Hall–Kier alpha value is -2.36. The molecule has 3 rings (SSSR count). The van der Waals surface area contributed by atoms with E-state index in [2.05, 4.69) is 0 Å². The summed E-state index contributed by atoms with van der Waals surface area (Å²) < 4.78 is 18.6. The molecule has 1 N–H and O–H groups in total. The monoisotopic (exact) mass is 230 g/mol. The van der Waals surface area contributed by atoms with Gasteiger partial charge in [0.05, 0.1) is 5.56 Å². The zero-order valence-corrected chi connectivity index (χ0v) is 8.61. The number of halogens is 1. The van der Waals surface area contributed by atoms with E-state index in [1.165, 1.54) is 30.3 Å². The Morgan fingerprint density at radius 3 is 2.41 bits per heavy atom. The van der Waals surface area contributed by atoms with Gasteiger partial charge in [0.25, 0.3) is 0 Å². The summed E-state index contributed by atoms with van der Waals surface area (Å²) in [7, 11) is 0. The van der Waals surface area contributed by atoms with E-state index in [0.717, 1.165) is 0 Å². The first kappa shape index (κ1) is 9.84. The Kier molecular flexibility index (Phi) is 1.92. The Bertz CT molecular complexity index is 743. The van der Waals surface area contributed by atoms with Gasteiger partial charge in [0.1, 0.15) is 17.0 Å². The summed E-state index contributed by atoms with van der Waals surface area (Å²) in [4.78, 5) is 10.9. The van der Waals surface area contributed by atoms with Crippen LogP contribution in [0.2, 0.25) is 0 Å². The Labute approximate surface area is 95.1 Å². The van der Waals surface area contributed by atoms with Crippen molar-refractivity contribution in [1.82, 2.24) is 0 Å². The lowest BCUT2D eigenvalue weighted by Gasteiger charge is -1.93. The first-order chi connectivity index (χ1) is 8.15. The molecule has 0 aliphatic heterocycles. The van der Waals surface area contributed by atoms with Crippen molar-refractivity contribution in [3.8, 4) is 0 Å². The minimum Gasteiger partial charge on any atom is -0.478 e. The Balaban J connectivity index is 2.43. The lowest BCUT2D eigenvalue weighted by molar-refractivity contribution is 0.0697. The number of fused-ring (bicyclic) bond motifs is 3. The number of rotatable bonds is 1. The maximum atomic E-state index is 13.1. The zero-order chi connectivity index (χ0) is 12.0. The van der Waals surface area contributed by atoms with Crippen LogP contribution in [0.5, 0.6) is 0 Å². The Morgan fingerprint density at radius 1 is 1.06 bits per heavy atom. The van der Waals surface area contributed by atoms with Crippen molar-refractivity contribution in [2.75, 3.05) is 0 Å². The van der Waals surface area contributed by atoms with Crippen LogP contribution in [0.4, 0.5) is 4.39 Å². The molecular weight excluding hydrogens is 223 g/mol. The summed E-state index contributed by atoms with van der Waals surface area (Å²) in [5.41, 5.74) is 1.25. The zero-order valence-electron chi connectivity index (χ0n) is 8.61. The van der Waals surface area contributed by atoms with Crippen LogP contribution in [0.1, 0.15) is 10.4 Å². The largest absolute Gasteiger partial charge is 0.478 e. The van der Waals surface area contributed by atoms with E-state index in [4.69, 9.17) is 9.52 Å². The molecule has 3 nitrogen and oxygen atoms in total. The van der Waals surface area contributed by atoms with Gasteiger partial charge >= 0.3 is 5.97 Å².